The highest BCUT2D eigenvalue weighted by atomic mass is 32.2. The van der Waals surface area contributed by atoms with E-state index in [1.165, 1.54) is 16.3 Å². The molecule has 5 rings (SSSR count). The summed E-state index contributed by atoms with van der Waals surface area (Å²) in [4.78, 5) is 44.3. The normalized spacial score (nSPS) is 18.0. The molecule has 3 N–H and O–H groups in total. The van der Waals surface area contributed by atoms with Crippen LogP contribution in [-0.4, -0.2) is 43.3 Å². The van der Waals surface area contributed by atoms with Crippen molar-refractivity contribution in [1.29, 1.82) is 0 Å². The minimum atomic E-state index is -0.743. The van der Waals surface area contributed by atoms with Gasteiger partial charge in [0.15, 0.2) is 10.9 Å². The van der Waals surface area contributed by atoms with Crippen molar-refractivity contribution in [2.45, 2.75) is 49.5 Å². The number of benzene rings is 1. The summed E-state index contributed by atoms with van der Waals surface area (Å²) in [7, 11) is 0. The lowest BCUT2D eigenvalue weighted by atomic mass is 10.1. The molecule has 1 atom stereocenters. The zero-order valence-electron chi connectivity index (χ0n) is 18.0. The predicted molar refractivity (Wildman–Crippen MR) is 126 cm³/mol. The minimum Gasteiger partial charge on any atom is -0.384 e. The molecule has 1 aliphatic carbocycles. The summed E-state index contributed by atoms with van der Waals surface area (Å²) in [6.45, 7) is 1.38. The molecule has 0 amide bonds. The van der Waals surface area contributed by atoms with E-state index in [-0.39, 0.29) is 29.3 Å². The Morgan fingerprint density at radius 2 is 2.00 bits per heavy atom. The average Bonchev–Trinajstić information content (AvgIpc) is 3.34. The molecule has 2 fully saturated rings. The van der Waals surface area contributed by atoms with Gasteiger partial charge in [-0.05, 0) is 31.2 Å². The van der Waals surface area contributed by atoms with Gasteiger partial charge in [0, 0.05) is 12.6 Å². The van der Waals surface area contributed by atoms with Crippen molar-refractivity contribution in [3.63, 3.8) is 0 Å². The number of rotatable bonds is 8. The number of aromatic amines is 1. The van der Waals surface area contributed by atoms with Gasteiger partial charge < -0.3 is 15.0 Å². The summed E-state index contributed by atoms with van der Waals surface area (Å²) in [5.74, 6) is -0.502. The van der Waals surface area contributed by atoms with Crippen LogP contribution in [0, 0.1) is 0 Å². The van der Waals surface area contributed by atoms with E-state index in [4.69, 9.17) is 10.5 Å². The number of thioether (sulfide) groups is 1. The molecule has 33 heavy (non-hydrogen) atoms. The number of anilines is 1. The summed E-state index contributed by atoms with van der Waals surface area (Å²) in [5.41, 5.74) is 6.59. The third-order valence-corrected chi connectivity index (χ3v) is 6.99. The van der Waals surface area contributed by atoms with Crippen LogP contribution in [0.2, 0.25) is 0 Å². The second-order valence-electron chi connectivity index (χ2n) is 8.37. The molecule has 1 aliphatic heterocycles. The lowest BCUT2D eigenvalue weighted by Crippen LogP contribution is -2.36. The van der Waals surface area contributed by atoms with Gasteiger partial charge in [-0.15, -0.1) is 0 Å². The topological polar surface area (TPSA) is 125 Å². The molecule has 1 unspecified atom stereocenters. The van der Waals surface area contributed by atoms with E-state index in [2.05, 4.69) is 14.5 Å². The smallest absolute Gasteiger partial charge is 0.330 e. The molecule has 0 bridgehead atoms. The van der Waals surface area contributed by atoms with E-state index in [0.717, 1.165) is 43.5 Å². The number of carbonyl (C=O) groups is 1. The summed E-state index contributed by atoms with van der Waals surface area (Å²) < 4.78 is 9.23. The Hall–Kier alpha value is -3.11. The van der Waals surface area contributed by atoms with Crippen LogP contribution in [0.15, 0.2) is 51.3 Å². The fourth-order valence-corrected chi connectivity index (χ4v) is 5.08. The fraction of sp³-hybridized carbons (Fsp3) is 0.391. The maximum Gasteiger partial charge on any atom is 0.330 e. The largest absolute Gasteiger partial charge is 0.384 e. The first-order valence-corrected chi connectivity index (χ1v) is 12.0. The Morgan fingerprint density at radius 1 is 1.21 bits per heavy atom. The second kappa shape index (κ2) is 9.03. The first-order valence-electron chi connectivity index (χ1n) is 11.1. The quantitative estimate of drug-likeness (QED) is 0.385. The van der Waals surface area contributed by atoms with E-state index in [1.54, 1.807) is 6.20 Å². The van der Waals surface area contributed by atoms with Gasteiger partial charge in [0.2, 0.25) is 0 Å². The molecule has 0 spiro atoms. The Morgan fingerprint density at radius 3 is 2.70 bits per heavy atom. The number of carbonyl (C=O) groups excluding carboxylic acids is 1. The number of Topliss-reactive ketones (excluding diaryl/α,β-unsaturated/α-hetero) is 1. The van der Waals surface area contributed by atoms with Crippen LogP contribution < -0.4 is 17.0 Å². The molecule has 1 saturated heterocycles. The van der Waals surface area contributed by atoms with Crippen LogP contribution >= 0.6 is 11.8 Å². The van der Waals surface area contributed by atoms with Crippen molar-refractivity contribution in [2.75, 3.05) is 18.1 Å². The molecular weight excluding hydrogens is 442 g/mol. The lowest BCUT2D eigenvalue weighted by Gasteiger charge is -2.16. The third kappa shape index (κ3) is 4.40. The van der Waals surface area contributed by atoms with Crippen molar-refractivity contribution < 1.29 is 9.53 Å². The van der Waals surface area contributed by atoms with Crippen molar-refractivity contribution in [3.05, 3.63) is 62.9 Å². The van der Waals surface area contributed by atoms with Crippen molar-refractivity contribution in [1.82, 2.24) is 19.1 Å². The number of hydrogen-bond acceptors (Lipinski definition) is 7. The highest BCUT2D eigenvalue weighted by molar-refractivity contribution is 7.99. The van der Waals surface area contributed by atoms with Crippen LogP contribution in [0.4, 0.5) is 5.82 Å². The zero-order chi connectivity index (χ0) is 22.9. The van der Waals surface area contributed by atoms with Crippen LogP contribution in [0.1, 0.15) is 42.1 Å². The van der Waals surface area contributed by atoms with E-state index in [1.807, 2.05) is 30.3 Å². The summed E-state index contributed by atoms with van der Waals surface area (Å²) in [6, 6.07) is 9.89. The molecule has 3 heterocycles. The summed E-state index contributed by atoms with van der Waals surface area (Å²) in [5, 5.41) is 0.670. The average molecular weight is 468 g/mol. The first-order chi connectivity index (χ1) is 16.0. The number of ketones is 1. The van der Waals surface area contributed by atoms with Gasteiger partial charge in [-0.25, -0.2) is 9.78 Å². The predicted octanol–water partition coefficient (Wildman–Crippen LogP) is 2.47. The number of ether oxygens (including phenoxy) is 1. The summed E-state index contributed by atoms with van der Waals surface area (Å²) in [6.07, 6.45) is 5.51. The molecule has 0 radical (unpaired) electrons. The number of aromatic nitrogens is 4. The molecule has 1 aromatic carbocycles. The van der Waals surface area contributed by atoms with Crippen LogP contribution in [0.25, 0.3) is 11.3 Å². The number of imidazole rings is 1. The van der Waals surface area contributed by atoms with Gasteiger partial charge in [0.25, 0.3) is 5.56 Å². The number of H-pyrrole nitrogens is 1. The number of nitrogens with one attached hydrogen (secondary N) is 1. The molecule has 172 valence electrons. The molecule has 3 aromatic rings. The number of nitrogens with zero attached hydrogens (tertiary/aromatic N) is 3. The highest BCUT2D eigenvalue weighted by Gasteiger charge is 2.30. The molecule has 9 nitrogen and oxygen atoms in total. The number of hydrogen-bond donors (Lipinski definition) is 2. The van der Waals surface area contributed by atoms with Crippen LogP contribution in [-0.2, 0) is 11.3 Å². The van der Waals surface area contributed by atoms with Crippen molar-refractivity contribution in [3.8, 4) is 11.3 Å². The number of nitrogens with two attached hydrogens (primary N) is 1. The van der Waals surface area contributed by atoms with E-state index in [9.17, 15) is 14.4 Å². The van der Waals surface area contributed by atoms with E-state index < -0.39 is 17.0 Å². The monoisotopic (exact) mass is 467 g/mol. The molecule has 1 saturated carbocycles. The SMILES string of the molecule is Nc1c(C(=O)CSc2ncc(-c3ccccc3)n2CC2CCCO2)c(=O)[nH]c(=O)n1C1CC1. The third-order valence-electron chi connectivity index (χ3n) is 6.00. The van der Waals surface area contributed by atoms with Gasteiger partial charge in [-0.1, -0.05) is 42.1 Å². The van der Waals surface area contributed by atoms with E-state index in [0.29, 0.717) is 11.7 Å². The van der Waals surface area contributed by atoms with Gasteiger partial charge in [-0.2, -0.15) is 0 Å². The van der Waals surface area contributed by atoms with Gasteiger partial charge in [-0.3, -0.25) is 19.1 Å². The van der Waals surface area contributed by atoms with Gasteiger partial charge in [0.1, 0.15) is 11.4 Å². The summed E-state index contributed by atoms with van der Waals surface area (Å²) >= 11 is 1.25. The number of nitrogen functional groups attached to an aromatic ring is 1. The lowest BCUT2D eigenvalue weighted by molar-refractivity contribution is 0.0954. The zero-order valence-corrected chi connectivity index (χ0v) is 18.8. The standard InChI is InChI=1S/C23H25N5O4S/c24-20-19(21(30)26-22(31)28(20)15-8-9-15)18(29)13-33-23-25-11-17(14-5-2-1-3-6-14)27(23)12-16-7-4-10-32-16/h1-3,5-6,11,15-16H,4,7-10,12-13,24H2,(H,26,30,31). The molecule has 2 aliphatic rings. The van der Waals surface area contributed by atoms with Gasteiger partial charge in [0.05, 0.1) is 30.3 Å². The fourth-order valence-electron chi connectivity index (χ4n) is 4.21. The maximum absolute atomic E-state index is 13.0. The van der Waals surface area contributed by atoms with Crippen LogP contribution in [0.3, 0.4) is 0 Å². The first kappa shape index (κ1) is 21.7. The van der Waals surface area contributed by atoms with E-state index >= 15 is 0 Å². The Labute approximate surface area is 194 Å². The molecular formula is C23H25N5O4S. The second-order valence-corrected chi connectivity index (χ2v) is 9.31. The van der Waals surface area contributed by atoms with Crippen LogP contribution in [0.5, 0.6) is 0 Å². The Bertz CT molecular complexity index is 1290. The Balaban J connectivity index is 1.41. The molecule has 2 aromatic heterocycles. The Kier molecular flexibility index (Phi) is 5.94. The highest BCUT2D eigenvalue weighted by Crippen LogP contribution is 2.35. The molecule has 10 heteroatoms. The van der Waals surface area contributed by atoms with Crippen molar-refractivity contribution in [2.24, 2.45) is 0 Å². The van der Waals surface area contributed by atoms with Gasteiger partial charge >= 0.3 is 5.69 Å². The maximum atomic E-state index is 13.0. The van der Waals surface area contributed by atoms with Crippen molar-refractivity contribution >= 4 is 23.4 Å². The minimum absolute atomic E-state index is 0.0209.